The highest BCUT2D eigenvalue weighted by Gasteiger charge is 2.09. The molecular weight excluding hydrogens is 206 g/mol. The van der Waals surface area contributed by atoms with E-state index in [1.54, 1.807) is 30.3 Å². The van der Waals surface area contributed by atoms with Crippen LogP contribution in [-0.2, 0) is 17.9 Å². The molecule has 0 aliphatic carbocycles. The molecule has 0 radical (unpaired) electrons. The Morgan fingerprint density at radius 1 is 1.56 bits per heavy atom. The molecule has 1 heterocycles. The summed E-state index contributed by atoms with van der Waals surface area (Å²) in [5, 5.41) is 0. The molecule has 0 aromatic carbocycles. The first-order valence-electron chi connectivity index (χ1n) is 5.22. The molecular formula is C11H17N3O2. The normalized spacial score (nSPS) is 10.2. The molecule has 0 unspecified atom stereocenters. The Kier molecular flexibility index (Phi) is 4.25. The molecule has 1 aromatic heterocycles. The summed E-state index contributed by atoms with van der Waals surface area (Å²) in [4.78, 5) is 25.0. The Labute approximate surface area is 94.5 Å². The van der Waals surface area contributed by atoms with Gasteiger partial charge in [-0.3, -0.25) is 9.59 Å². The standard InChI is InChI=1S/C11H17N3O2/c1-3-13(2)10(15)8-14-6-4-5-9(7-12)11(14)16/h4-6H,3,7-8,12H2,1-2H3. The third kappa shape index (κ3) is 2.70. The minimum absolute atomic E-state index is 0.0665. The van der Waals surface area contributed by atoms with Crippen LogP contribution in [0.5, 0.6) is 0 Å². The number of nitrogens with two attached hydrogens (primary N) is 1. The quantitative estimate of drug-likeness (QED) is 0.767. The maximum atomic E-state index is 11.8. The van der Waals surface area contributed by atoms with Gasteiger partial charge in [0, 0.05) is 31.9 Å². The van der Waals surface area contributed by atoms with E-state index in [-0.39, 0.29) is 24.6 Å². The number of amides is 1. The molecule has 0 aliphatic heterocycles. The molecule has 5 heteroatoms. The van der Waals surface area contributed by atoms with Crippen molar-refractivity contribution in [1.82, 2.24) is 9.47 Å². The molecule has 0 atom stereocenters. The fraction of sp³-hybridized carbons (Fsp3) is 0.455. The minimum atomic E-state index is -0.192. The Hall–Kier alpha value is -1.62. The summed E-state index contributed by atoms with van der Waals surface area (Å²) in [5.74, 6) is -0.0845. The van der Waals surface area contributed by atoms with Gasteiger partial charge >= 0.3 is 0 Å². The topological polar surface area (TPSA) is 68.3 Å². The van der Waals surface area contributed by atoms with Crippen molar-refractivity contribution >= 4 is 5.91 Å². The van der Waals surface area contributed by atoms with Crippen molar-refractivity contribution in [3.05, 3.63) is 34.2 Å². The predicted molar refractivity (Wildman–Crippen MR) is 61.9 cm³/mol. The molecule has 0 saturated heterocycles. The first-order chi connectivity index (χ1) is 7.60. The molecule has 0 saturated carbocycles. The van der Waals surface area contributed by atoms with Gasteiger partial charge in [-0.05, 0) is 13.0 Å². The Bertz CT molecular complexity index is 425. The Morgan fingerprint density at radius 3 is 2.81 bits per heavy atom. The van der Waals surface area contributed by atoms with Crippen LogP contribution in [0.15, 0.2) is 23.1 Å². The number of rotatable bonds is 4. The van der Waals surface area contributed by atoms with Gasteiger partial charge in [0.1, 0.15) is 6.54 Å². The van der Waals surface area contributed by atoms with Gasteiger partial charge in [0.05, 0.1) is 0 Å². The molecule has 1 rings (SSSR count). The largest absolute Gasteiger partial charge is 0.344 e. The molecule has 5 nitrogen and oxygen atoms in total. The zero-order valence-electron chi connectivity index (χ0n) is 9.64. The second kappa shape index (κ2) is 5.46. The molecule has 1 aromatic rings. The lowest BCUT2D eigenvalue weighted by molar-refractivity contribution is -0.130. The summed E-state index contributed by atoms with van der Waals surface area (Å²) in [6, 6.07) is 3.40. The zero-order chi connectivity index (χ0) is 12.1. The predicted octanol–water partition coefficient (Wildman–Crippen LogP) is -0.215. The molecule has 0 bridgehead atoms. The first kappa shape index (κ1) is 12.4. The van der Waals surface area contributed by atoms with Crippen LogP contribution in [0, 0.1) is 0 Å². The lowest BCUT2D eigenvalue weighted by Crippen LogP contribution is -2.34. The molecule has 0 aliphatic rings. The van der Waals surface area contributed by atoms with Crippen molar-refractivity contribution in [3.8, 4) is 0 Å². The van der Waals surface area contributed by atoms with Gasteiger partial charge in [-0.2, -0.15) is 0 Å². The monoisotopic (exact) mass is 223 g/mol. The lowest BCUT2D eigenvalue weighted by Gasteiger charge is -2.15. The highest BCUT2D eigenvalue weighted by atomic mass is 16.2. The van der Waals surface area contributed by atoms with E-state index in [1.165, 1.54) is 4.57 Å². The van der Waals surface area contributed by atoms with E-state index in [9.17, 15) is 9.59 Å². The maximum absolute atomic E-state index is 11.8. The third-order valence-corrected chi connectivity index (χ3v) is 2.52. The number of nitrogens with zero attached hydrogens (tertiary/aromatic N) is 2. The van der Waals surface area contributed by atoms with Gasteiger partial charge < -0.3 is 15.2 Å². The summed E-state index contributed by atoms with van der Waals surface area (Å²) < 4.78 is 1.39. The lowest BCUT2D eigenvalue weighted by atomic mass is 10.3. The average molecular weight is 223 g/mol. The molecule has 2 N–H and O–H groups in total. The van der Waals surface area contributed by atoms with Crippen molar-refractivity contribution < 1.29 is 4.79 Å². The third-order valence-electron chi connectivity index (χ3n) is 2.52. The van der Waals surface area contributed by atoms with Crippen LogP contribution in [0.4, 0.5) is 0 Å². The summed E-state index contributed by atoms with van der Waals surface area (Å²) in [6.07, 6.45) is 1.60. The fourth-order valence-electron chi connectivity index (χ4n) is 1.31. The van der Waals surface area contributed by atoms with Crippen molar-refractivity contribution in [3.63, 3.8) is 0 Å². The minimum Gasteiger partial charge on any atom is -0.344 e. The number of hydrogen-bond acceptors (Lipinski definition) is 3. The highest BCUT2D eigenvalue weighted by Crippen LogP contribution is 1.93. The average Bonchev–Trinajstić information content (AvgIpc) is 2.30. The van der Waals surface area contributed by atoms with Crippen LogP contribution in [0.2, 0.25) is 0 Å². The second-order valence-electron chi connectivity index (χ2n) is 3.58. The van der Waals surface area contributed by atoms with Crippen molar-refractivity contribution in [2.24, 2.45) is 5.73 Å². The summed E-state index contributed by atoms with van der Waals surface area (Å²) in [6.45, 7) is 2.77. The van der Waals surface area contributed by atoms with Gasteiger partial charge in [0.25, 0.3) is 5.56 Å². The van der Waals surface area contributed by atoms with E-state index in [0.717, 1.165) is 0 Å². The summed E-state index contributed by atoms with van der Waals surface area (Å²) in [5.41, 5.74) is 5.76. The van der Waals surface area contributed by atoms with E-state index in [0.29, 0.717) is 12.1 Å². The maximum Gasteiger partial charge on any atom is 0.255 e. The van der Waals surface area contributed by atoms with Gasteiger partial charge in [-0.1, -0.05) is 6.07 Å². The van der Waals surface area contributed by atoms with Crippen molar-refractivity contribution in [1.29, 1.82) is 0 Å². The number of likely N-dealkylation sites (N-methyl/N-ethyl adjacent to an activating group) is 1. The number of hydrogen-bond donors (Lipinski definition) is 1. The molecule has 0 fully saturated rings. The Morgan fingerprint density at radius 2 is 2.25 bits per heavy atom. The van der Waals surface area contributed by atoms with E-state index in [4.69, 9.17) is 5.73 Å². The smallest absolute Gasteiger partial charge is 0.255 e. The SMILES string of the molecule is CCN(C)C(=O)Cn1cccc(CN)c1=O. The van der Waals surface area contributed by atoms with Crippen LogP contribution in [0.1, 0.15) is 12.5 Å². The zero-order valence-corrected chi connectivity index (χ0v) is 9.64. The van der Waals surface area contributed by atoms with Gasteiger partial charge in [0.2, 0.25) is 5.91 Å². The van der Waals surface area contributed by atoms with Crippen LogP contribution in [0.25, 0.3) is 0 Å². The second-order valence-corrected chi connectivity index (χ2v) is 3.58. The van der Waals surface area contributed by atoms with Crippen LogP contribution in [0.3, 0.4) is 0 Å². The van der Waals surface area contributed by atoms with Crippen LogP contribution >= 0.6 is 0 Å². The molecule has 88 valence electrons. The molecule has 1 amide bonds. The van der Waals surface area contributed by atoms with Crippen LogP contribution in [-0.4, -0.2) is 29.0 Å². The summed E-state index contributed by atoms with van der Waals surface area (Å²) in [7, 11) is 1.71. The first-order valence-corrected chi connectivity index (χ1v) is 5.22. The number of carbonyl (C=O) groups is 1. The van der Waals surface area contributed by atoms with Crippen molar-refractivity contribution in [2.75, 3.05) is 13.6 Å². The number of carbonyl (C=O) groups excluding carboxylic acids is 1. The molecule has 0 spiro atoms. The van der Waals surface area contributed by atoms with E-state index in [2.05, 4.69) is 0 Å². The van der Waals surface area contributed by atoms with Gasteiger partial charge in [-0.25, -0.2) is 0 Å². The fourth-order valence-corrected chi connectivity index (χ4v) is 1.31. The van der Waals surface area contributed by atoms with Gasteiger partial charge in [-0.15, -0.1) is 0 Å². The van der Waals surface area contributed by atoms with Crippen LogP contribution < -0.4 is 11.3 Å². The molecule has 16 heavy (non-hydrogen) atoms. The van der Waals surface area contributed by atoms with Gasteiger partial charge in [0.15, 0.2) is 0 Å². The van der Waals surface area contributed by atoms with E-state index in [1.807, 2.05) is 6.92 Å². The number of aromatic nitrogens is 1. The van der Waals surface area contributed by atoms with E-state index < -0.39 is 0 Å². The van der Waals surface area contributed by atoms with E-state index >= 15 is 0 Å². The van der Waals surface area contributed by atoms with Crippen molar-refractivity contribution in [2.45, 2.75) is 20.0 Å². The number of pyridine rings is 1. The summed E-state index contributed by atoms with van der Waals surface area (Å²) >= 11 is 0. The Balaban J connectivity index is 2.90. The highest BCUT2D eigenvalue weighted by molar-refractivity contribution is 5.75.